The Balaban J connectivity index is 2.32. The zero-order valence-corrected chi connectivity index (χ0v) is 8.46. The molecule has 3 heteroatoms. The van der Waals surface area contributed by atoms with Gasteiger partial charge in [0.2, 0.25) is 0 Å². The third-order valence-electron chi connectivity index (χ3n) is 2.13. The minimum atomic E-state index is 0.770. The minimum Gasteiger partial charge on any atom is -0.358 e. The number of hydrogen-bond acceptors (Lipinski definition) is 1. The van der Waals surface area contributed by atoms with Crippen LogP contribution in [0.15, 0.2) is 0 Å². The number of hydrogen-bond donors (Lipinski definition) is 1. The van der Waals surface area contributed by atoms with Crippen molar-refractivity contribution >= 4 is 29.2 Å². The van der Waals surface area contributed by atoms with Crippen LogP contribution in [0.5, 0.6) is 0 Å². The molecule has 11 heavy (non-hydrogen) atoms. The van der Waals surface area contributed by atoms with E-state index in [9.17, 15) is 0 Å². The molecule has 1 fully saturated rings. The topological polar surface area (TPSA) is 3.24 Å². The molecule has 0 bridgehead atoms. The number of rotatable bonds is 0. The van der Waals surface area contributed by atoms with E-state index in [0.29, 0.717) is 0 Å². The van der Waals surface area contributed by atoms with E-state index in [2.05, 4.69) is 17.5 Å². The highest BCUT2D eigenvalue weighted by Gasteiger charge is 2.07. The summed E-state index contributed by atoms with van der Waals surface area (Å²) >= 11 is 9.19. The Morgan fingerprint density at radius 2 is 1.45 bits per heavy atom. The van der Waals surface area contributed by atoms with Gasteiger partial charge in [-0.25, -0.2) is 0 Å². The second-order valence-corrected chi connectivity index (χ2v) is 4.15. The Morgan fingerprint density at radius 1 is 1.00 bits per heavy atom. The van der Waals surface area contributed by atoms with E-state index in [1.807, 2.05) is 0 Å². The smallest absolute Gasteiger partial charge is 0.133 e. The predicted octanol–water partition coefficient (Wildman–Crippen LogP) is 2.47. The summed E-state index contributed by atoms with van der Waals surface area (Å²) in [6, 6.07) is 0. The standard InChI is InChI=1S/C8H15NS2/c10-8(11)9-6-4-2-1-3-5-7-9/h1-7H2,(H,10,11). The molecule has 1 nitrogen and oxygen atoms in total. The largest absolute Gasteiger partial charge is 0.358 e. The van der Waals surface area contributed by atoms with Crippen LogP contribution in [0, 0.1) is 0 Å². The highest BCUT2D eigenvalue weighted by molar-refractivity contribution is 8.10. The van der Waals surface area contributed by atoms with Crippen molar-refractivity contribution in [3.05, 3.63) is 0 Å². The van der Waals surface area contributed by atoms with Crippen molar-refractivity contribution in [2.24, 2.45) is 0 Å². The molecule has 0 aromatic heterocycles. The maximum absolute atomic E-state index is 5.01. The number of likely N-dealkylation sites (tertiary alicyclic amines) is 1. The quantitative estimate of drug-likeness (QED) is 0.460. The normalized spacial score (nSPS) is 20.6. The van der Waals surface area contributed by atoms with Gasteiger partial charge in [-0.3, -0.25) is 0 Å². The predicted molar refractivity (Wildman–Crippen MR) is 56.2 cm³/mol. The lowest BCUT2D eigenvalue weighted by molar-refractivity contribution is 0.372. The molecule has 0 aromatic carbocycles. The fourth-order valence-electron chi connectivity index (χ4n) is 1.44. The van der Waals surface area contributed by atoms with E-state index in [-0.39, 0.29) is 0 Å². The summed E-state index contributed by atoms with van der Waals surface area (Å²) in [6.07, 6.45) is 6.66. The van der Waals surface area contributed by atoms with Crippen molar-refractivity contribution in [3.8, 4) is 0 Å². The average molecular weight is 189 g/mol. The molecule has 0 aliphatic carbocycles. The van der Waals surface area contributed by atoms with Crippen LogP contribution >= 0.6 is 24.8 Å². The van der Waals surface area contributed by atoms with Crippen molar-refractivity contribution in [1.29, 1.82) is 0 Å². The van der Waals surface area contributed by atoms with Crippen molar-refractivity contribution in [3.63, 3.8) is 0 Å². The molecule has 0 atom stereocenters. The first kappa shape index (κ1) is 9.33. The Morgan fingerprint density at radius 3 is 1.91 bits per heavy atom. The SMILES string of the molecule is S=C(S)N1CCCCCCC1. The first-order valence-electron chi connectivity index (χ1n) is 4.28. The van der Waals surface area contributed by atoms with Crippen LogP contribution in [-0.4, -0.2) is 22.3 Å². The van der Waals surface area contributed by atoms with Crippen LogP contribution in [0.4, 0.5) is 0 Å². The molecule has 1 aliphatic rings. The molecule has 64 valence electrons. The molecule has 0 unspecified atom stereocenters. The first-order chi connectivity index (χ1) is 5.30. The minimum absolute atomic E-state index is 0.770. The van der Waals surface area contributed by atoms with E-state index in [1.54, 1.807) is 0 Å². The Labute approximate surface area is 79.6 Å². The number of thiol groups is 1. The maximum Gasteiger partial charge on any atom is 0.133 e. The molecule has 1 rings (SSSR count). The molecular weight excluding hydrogens is 174 g/mol. The van der Waals surface area contributed by atoms with Gasteiger partial charge in [0, 0.05) is 13.1 Å². The number of thiocarbonyl (C=S) groups is 1. The van der Waals surface area contributed by atoms with Crippen LogP contribution in [0.1, 0.15) is 32.1 Å². The summed E-state index contributed by atoms with van der Waals surface area (Å²) in [4.78, 5) is 2.21. The Bertz CT molecular complexity index is 128. The van der Waals surface area contributed by atoms with Gasteiger partial charge in [0.25, 0.3) is 0 Å². The lowest BCUT2D eigenvalue weighted by Crippen LogP contribution is -2.29. The van der Waals surface area contributed by atoms with E-state index in [1.165, 1.54) is 32.1 Å². The zero-order valence-electron chi connectivity index (χ0n) is 6.75. The fourth-order valence-corrected chi connectivity index (χ4v) is 1.82. The van der Waals surface area contributed by atoms with Crippen molar-refractivity contribution in [1.82, 2.24) is 4.90 Å². The lowest BCUT2D eigenvalue weighted by atomic mass is 10.1. The molecule has 0 radical (unpaired) electrons. The molecular formula is C8H15NS2. The van der Waals surface area contributed by atoms with Gasteiger partial charge in [-0.15, -0.1) is 12.6 Å². The van der Waals surface area contributed by atoms with Crippen LogP contribution < -0.4 is 0 Å². The average Bonchev–Trinajstić information content (AvgIpc) is 1.84. The van der Waals surface area contributed by atoms with Gasteiger partial charge in [-0.1, -0.05) is 31.5 Å². The highest BCUT2D eigenvalue weighted by atomic mass is 32.1. The lowest BCUT2D eigenvalue weighted by Gasteiger charge is -2.24. The highest BCUT2D eigenvalue weighted by Crippen LogP contribution is 2.11. The van der Waals surface area contributed by atoms with Gasteiger partial charge in [0.05, 0.1) is 0 Å². The molecule has 0 N–H and O–H groups in total. The Kier molecular flexibility index (Phi) is 4.23. The molecule has 1 aliphatic heterocycles. The molecule has 0 amide bonds. The van der Waals surface area contributed by atoms with Crippen molar-refractivity contribution in [2.75, 3.05) is 13.1 Å². The molecule has 1 heterocycles. The van der Waals surface area contributed by atoms with Crippen LogP contribution in [0.2, 0.25) is 0 Å². The molecule has 0 saturated carbocycles. The summed E-state index contributed by atoms with van der Waals surface area (Å²) in [6.45, 7) is 2.23. The summed E-state index contributed by atoms with van der Waals surface area (Å²) in [5.74, 6) is 0. The fraction of sp³-hybridized carbons (Fsp3) is 0.875. The Hall–Kier alpha value is 0.240. The van der Waals surface area contributed by atoms with Crippen molar-refractivity contribution in [2.45, 2.75) is 32.1 Å². The van der Waals surface area contributed by atoms with Crippen LogP contribution in [-0.2, 0) is 0 Å². The van der Waals surface area contributed by atoms with Crippen molar-refractivity contribution < 1.29 is 0 Å². The van der Waals surface area contributed by atoms with E-state index in [4.69, 9.17) is 12.2 Å². The van der Waals surface area contributed by atoms with E-state index < -0.39 is 0 Å². The summed E-state index contributed by atoms with van der Waals surface area (Å²) < 4.78 is 0.770. The number of nitrogens with zero attached hydrogens (tertiary/aromatic N) is 1. The van der Waals surface area contributed by atoms with Gasteiger partial charge < -0.3 is 4.90 Å². The molecule has 1 saturated heterocycles. The van der Waals surface area contributed by atoms with Gasteiger partial charge >= 0.3 is 0 Å². The third-order valence-corrected chi connectivity index (χ3v) is 2.67. The summed E-state index contributed by atoms with van der Waals surface area (Å²) in [5.41, 5.74) is 0. The van der Waals surface area contributed by atoms with E-state index >= 15 is 0 Å². The monoisotopic (exact) mass is 189 g/mol. The van der Waals surface area contributed by atoms with E-state index in [0.717, 1.165) is 17.4 Å². The second-order valence-electron chi connectivity index (χ2n) is 3.04. The molecule has 0 spiro atoms. The summed E-state index contributed by atoms with van der Waals surface area (Å²) in [7, 11) is 0. The molecule has 0 aromatic rings. The summed E-state index contributed by atoms with van der Waals surface area (Å²) in [5, 5.41) is 0. The first-order valence-corrected chi connectivity index (χ1v) is 5.14. The van der Waals surface area contributed by atoms with Gasteiger partial charge in [0.15, 0.2) is 0 Å². The van der Waals surface area contributed by atoms with Crippen LogP contribution in [0.25, 0.3) is 0 Å². The third kappa shape index (κ3) is 3.43. The van der Waals surface area contributed by atoms with Gasteiger partial charge in [0.1, 0.15) is 4.32 Å². The second kappa shape index (κ2) is 4.99. The van der Waals surface area contributed by atoms with Gasteiger partial charge in [-0.05, 0) is 12.8 Å². The zero-order chi connectivity index (χ0) is 8.10. The van der Waals surface area contributed by atoms with Gasteiger partial charge in [-0.2, -0.15) is 0 Å². The maximum atomic E-state index is 5.01. The van der Waals surface area contributed by atoms with Crippen LogP contribution in [0.3, 0.4) is 0 Å².